The Labute approximate surface area is 177 Å². The van der Waals surface area contributed by atoms with Crippen LogP contribution in [0.2, 0.25) is 10.0 Å². The van der Waals surface area contributed by atoms with Crippen LogP contribution in [0.3, 0.4) is 0 Å². The minimum Gasteiger partial charge on any atom is -0.355 e. The van der Waals surface area contributed by atoms with Crippen molar-refractivity contribution in [1.82, 2.24) is 10.3 Å². The van der Waals surface area contributed by atoms with E-state index in [4.69, 9.17) is 23.2 Å². The van der Waals surface area contributed by atoms with Gasteiger partial charge in [0.1, 0.15) is 5.82 Å². The number of carbonyl (C=O) groups excluding carboxylic acids is 1. The van der Waals surface area contributed by atoms with E-state index in [1.165, 1.54) is 0 Å². The van der Waals surface area contributed by atoms with Crippen LogP contribution < -0.4 is 10.2 Å². The molecule has 4 nitrogen and oxygen atoms in total. The lowest BCUT2D eigenvalue weighted by atomic mass is 9.95. The number of anilines is 1. The summed E-state index contributed by atoms with van der Waals surface area (Å²) in [5, 5.41) is 3.54. The molecule has 2 aromatic rings. The number of nitrogens with one attached hydrogen (secondary N) is 1. The summed E-state index contributed by atoms with van der Waals surface area (Å²) in [7, 11) is 0. The van der Waals surface area contributed by atoms with Gasteiger partial charge in [0.2, 0.25) is 5.91 Å². The molecule has 156 valence electrons. The number of amides is 1. The molecule has 1 aromatic carbocycles. The highest BCUT2D eigenvalue weighted by molar-refractivity contribution is 6.33. The molecule has 1 aliphatic heterocycles. The van der Waals surface area contributed by atoms with Gasteiger partial charge in [-0.3, -0.25) is 4.79 Å². The number of alkyl halides is 3. The van der Waals surface area contributed by atoms with Crippen molar-refractivity contribution >= 4 is 34.9 Å². The standard InChI is InChI=1S/C20H20Cl2F3N3O/c1-12(15-4-2-3-5-16(15)21)27-19(29)13-6-8-28(9-7-13)18-17(22)10-14(11-26-18)20(23,24)25/h2-5,10-13H,6-9H2,1H3,(H,27,29). The molecule has 1 unspecified atom stereocenters. The van der Waals surface area contributed by atoms with Crippen molar-refractivity contribution in [2.45, 2.75) is 32.0 Å². The lowest BCUT2D eigenvalue weighted by Crippen LogP contribution is -2.41. The zero-order valence-corrected chi connectivity index (χ0v) is 17.2. The lowest BCUT2D eigenvalue weighted by molar-refractivity contribution is -0.137. The normalized spacial score (nSPS) is 16.6. The summed E-state index contributed by atoms with van der Waals surface area (Å²) in [5.74, 6) is 0.0518. The van der Waals surface area contributed by atoms with Crippen LogP contribution in [0.15, 0.2) is 36.5 Å². The number of pyridine rings is 1. The van der Waals surface area contributed by atoms with Crippen LogP contribution in [0.25, 0.3) is 0 Å². The zero-order valence-electron chi connectivity index (χ0n) is 15.6. The van der Waals surface area contributed by atoms with E-state index in [0.717, 1.165) is 17.8 Å². The maximum Gasteiger partial charge on any atom is 0.417 e. The van der Waals surface area contributed by atoms with Crippen molar-refractivity contribution in [3.8, 4) is 0 Å². The molecule has 1 aliphatic rings. The van der Waals surface area contributed by atoms with Crippen molar-refractivity contribution < 1.29 is 18.0 Å². The summed E-state index contributed by atoms with van der Waals surface area (Å²) in [5.41, 5.74) is -0.0326. The van der Waals surface area contributed by atoms with Gasteiger partial charge < -0.3 is 10.2 Å². The molecule has 1 N–H and O–H groups in total. The minimum absolute atomic E-state index is 0.0462. The first-order chi connectivity index (χ1) is 13.7. The molecular formula is C20H20Cl2F3N3O. The third-order valence-corrected chi connectivity index (χ3v) is 5.67. The second kappa shape index (κ2) is 8.79. The Morgan fingerprint density at radius 1 is 1.21 bits per heavy atom. The summed E-state index contributed by atoms with van der Waals surface area (Å²) in [4.78, 5) is 18.3. The highest BCUT2D eigenvalue weighted by Crippen LogP contribution is 2.34. The summed E-state index contributed by atoms with van der Waals surface area (Å²) in [6.07, 6.45) is -2.59. The average Bonchev–Trinajstić information content (AvgIpc) is 2.67. The number of rotatable bonds is 4. The molecule has 0 bridgehead atoms. The highest BCUT2D eigenvalue weighted by Gasteiger charge is 2.33. The first kappa shape index (κ1) is 21.7. The number of nitrogens with zero attached hydrogens (tertiary/aromatic N) is 2. The molecule has 1 atom stereocenters. The van der Waals surface area contributed by atoms with Crippen molar-refractivity contribution in [1.29, 1.82) is 0 Å². The quantitative estimate of drug-likeness (QED) is 0.675. The van der Waals surface area contributed by atoms with Crippen LogP contribution in [0.5, 0.6) is 0 Å². The molecule has 1 fully saturated rings. The molecule has 2 heterocycles. The van der Waals surface area contributed by atoms with E-state index in [1.807, 2.05) is 30.0 Å². The van der Waals surface area contributed by atoms with Crippen molar-refractivity contribution in [2.75, 3.05) is 18.0 Å². The van der Waals surface area contributed by atoms with Crippen molar-refractivity contribution in [3.05, 3.63) is 57.7 Å². The highest BCUT2D eigenvalue weighted by atomic mass is 35.5. The Balaban J connectivity index is 1.59. The minimum atomic E-state index is -4.49. The summed E-state index contributed by atoms with van der Waals surface area (Å²) < 4.78 is 38.3. The number of hydrogen-bond acceptors (Lipinski definition) is 3. The second-order valence-corrected chi connectivity index (χ2v) is 7.85. The fourth-order valence-electron chi connectivity index (χ4n) is 3.41. The largest absolute Gasteiger partial charge is 0.417 e. The number of benzene rings is 1. The van der Waals surface area contributed by atoms with E-state index in [9.17, 15) is 18.0 Å². The maximum atomic E-state index is 12.8. The first-order valence-corrected chi connectivity index (χ1v) is 9.95. The van der Waals surface area contributed by atoms with Gasteiger partial charge in [-0.1, -0.05) is 41.4 Å². The Morgan fingerprint density at radius 2 is 1.86 bits per heavy atom. The van der Waals surface area contributed by atoms with Crippen LogP contribution in [0, 0.1) is 5.92 Å². The molecule has 0 spiro atoms. The molecule has 1 aromatic heterocycles. The van der Waals surface area contributed by atoms with E-state index >= 15 is 0 Å². The molecule has 29 heavy (non-hydrogen) atoms. The molecule has 0 radical (unpaired) electrons. The Hall–Kier alpha value is -1.99. The first-order valence-electron chi connectivity index (χ1n) is 9.19. The Morgan fingerprint density at radius 3 is 2.45 bits per heavy atom. The van der Waals surface area contributed by atoms with Gasteiger partial charge in [-0.2, -0.15) is 13.2 Å². The van der Waals surface area contributed by atoms with E-state index < -0.39 is 11.7 Å². The number of hydrogen-bond donors (Lipinski definition) is 1. The second-order valence-electron chi connectivity index (χ2n) is 7.04. The zero-order chi connectivity index (χ0) is 21.2. The Kier molecular flexibility index (Phi) is 6.58. The van der Waals surface area contributed by atoms with Crippen LogP contribution in [-0.4, -0.2) is 24.0 Å². The van der Waals surface area contributed by atoms with E-state index in [0.29, 0.717) is 36.8 Å². The van der Waals surface area contributed by atoms with Crippen molar-refractivity contribution in [3.63, 3.8) is 0 Å². The van der Waals surface area contributed by atoms with Gasteiger partial charge in [0.25, 0.3) is 0 Å². The van der Waals surface area contributed by atoms with Gasteiger partial charge in [-0.15, -0.1) is 0 Å². The predicted molar refractivity (Wildman–Crippen MR) is 107 cm³/mol. The predicted octanol–water partition coefficient (Wildman–Crippen LogP) is 5.50. The number of carbonyl (C=O) groups is 1. The van der Waals surface area contributed by atoms with Gasteiger partial charge in [0.15, 0.2) is 0 Å². The smallest absolute Gasteiger partial charge is 0.355 e. The maximum absolute atomic E-state index is 12.8. The summed E-state index contributed by atoms with van der Waals surface area (Å²) in [6.45, 7) is 2.84. The van der Waals surface area contributed by atoms with Crippen LogP contribution in [-0.2, 0) is 11.0 Å². The summed E-state index contributed by atoms with van der Waals surface area (Å²) >= 11 is 12.2. The average molecular weight is 446 g/mol. The molecule has 9 heteroatoms. The molecule has 3 rings (SSSR count). The Bertz CT molecular complexity index is 884. The van der Waals surface area contributed by atoms with E-state index in [1.54, 1.807) is 6.07 Å². The monoisotopic (exact) mass is 445 g/mol. The molecule has 1 saturated heterocycles. The van der Waals surface area contributed by atoms with E-state index in [2.05, 4.69) is 10.3 Å². The van der Waals surface area contributed by atoms with Gasteiger partial charge in [0.05, 0.1) is 16.6 Å². The van der Waals surface area contributed by atoms with Gasteiger partial charge >= 0.3 is 6.18 Å². The lowest BCUT2D eigenvalue weighted by Gasteiger charge is -2.33. The van der Waals surface area contributed by atoms with E-state index in [-0.39, 0.29) is 22.9 Å². The third kappa shape index (κ3) is 5.14. The summed E-state index contributed by atoms with van der Waals surface area (Å²) in [6, 6.07) is 8.00. The molecule has 1 amide bonds. The fraction of sp³-hybridized carbons (Fsp3) is 0.400. The van der Waals surface area contributed by atoms with Crippen LogP contribution >= 0.6 is 23.2 Å². The SMILES string of the molecule is CC(NC(=O)C1CCN(c2ncc(C(F)(F)F)cc2Cl)CC1)c1ccccc1Cl. The molecular weight excluding hydrogens is 426 g/mol. The number of piperidine rings is 1. The molecule has 0 aliphatic carbocycles. The fourth-order valence-corrected chi connectivity index (χ4v) is 3.99. The van der Waals surface area contributed by atoms with Gasteiger partial charge in [0, 0.05) is 30.2 Å². The van der Waals surface area contributed by atoms with Gasteiger partial charge in [-0.25, -0.2) is 4.98 Å². The number of halogens is 5. The van der Waals surface area contributed by atoms with Crippen molar-refractivity contribution in [2.24, 2.45) is 5.92 Å². The number of aromatic nitrogens is 1. The topological polar surface area (TPSA) is 45.2 Å². The van der Waals surface area contributed by atoms with Crippen LogP contribution in [0.1, 0.15) is 36.9 Å². The van der Waals surface area contributed by atoms with Gasteiger partial charge in [-0.05, 0) is 37.5 Å². The van der Waals surface area contributed by atoms with Crippen LogP contribution in [0.4, 0.5) is 19.0 Å². The molecule has 0 saturated carbocycles. The third-order valence-electron chi connectivity index (χ3n) is 5.04.